The highest BCUT2D eigenvalue weighted by Gasteiger charge is 2.40. The number of Topliss-reactive ketones (excluding diaryl/α,β-unsaturated/α-hetero) is 1. The van der Waals surface area contributed by atoms with Gasteiger partial charge in [-0.3, -0.25) is 0 Å². The molecule has 0 bridgehead atoms. The molecule has 0 aromatic heterocycles. The third-order valence-electron chi connectivity index (χ3n) is 2.06. The third-order valence-corrected chi connectivity index (χ3v) is 2.06. The number of carbonyl (C=O) groups is 1. The summed E-state index contributed by atoms with van der Waals surface area (Å²) in [6.45, 7) is 5.93. The standard InChI is InChI=1S/C9H16O2/c1-6(2)9-8(11-9)5-4-7(3)10/h6,8-9H,4-5H2,1-3H3/t8-,9-/m0/s1. The van der Waals surface area contributed by atoms with Crippen molar-refractivity contribution in [2.24, 2.45) is 5.92 Å². The van der Waals surface area contributed by atoms with E-state index in [0.717, 1.165) is 6.42 Å². The fourth-order valence-electron chi connectivity index (χ4n) is 1.32. The average Bonchev–Trinajstić information content (AvgIpc) is 2.61. The lowest BCUT2D eigenvalue weighted by atomic mass is 10.0. The first-order valence-corrected chi connectivity index (χ1v) is 4.26. The Bertz CT molecular complexity index is 152. The maximum absolute atomic E-state index is 10.6. The summed E-state index contributed by atoms with van der Waals surface area (Å²) >= 11 is 0. The van der Waals surface area contributed by atoms with E-state index in [0.29, 0.717) is 24.5 Å². The zero-order valence-corrected chi connectivity index (χ0v) is 7.46. The quantitative estimate of drug-likeness (QED) is 0.581. The Labute approximate surface area is 67.9 Å². The molecule has 1 heterocycles. The molecule has 0 aromatic carbocycles. The van der Waals surface area contributed by atoms with Gasteiger partial charge in [-0.05, 0) is 19.3 Å². The molecule has 0 saturated carbocycles. The first-order chi connectivity index (χ1) is 5.11. The van der Waals surface area contributed by atoms with Gasteiger partial charge in [0.05, 0.1) is 12.2 Å². The molecule has 0 aliphatic carbocycles. The number of ketones is 1. The zero-order valence-electron chi connectivity index (χ0n) is 7.46. The Morgan fingerprint density at radius 3 is 2.55 bits per heavy atom. The van der Waals surface area contributed by atoms with E-state index in [1.807, 2.05) is 0 Å². The second-order valence-corrected chi connectivity index (χ2v) is 3.62. The number of rotatable bonds is 4. The number of ether oxygens (including phenoxy) is 1. The minimum atomic E-state index is 0.267. The van der Waals surface area contributed by atoms with Gasteiger partial charge >= 0.3 is 0 Å². The van der Waals surface area contributed by atoms with Gasteiger partial charge in [-0.15, -0.1) is 0 Å². The zero-order chi connectivity index (χ0) is 8.43. The third kappa shape index (κ3) is 2.62. The van der Waals surface area contributed by atoms with E-state index in [1.54, 1.807) is 6.92 Å². The van der Waals surface area contributed by atoms with Gasteiger partial charge in [0, 0.05) is 6.42 Å². The molecule has 2 nitrogen and oxygen atoms in total. The van der Waals surface area contributed by atoms with Crippen LogP contribution in [-0.4, -0.2) is 18.0 Å². The van der Waals surface area contributed by atoms with E-state index < -0.39 is 0 Å². The van der Waals surface area contributed by atoms with Crippen molar-refractivity contribution < 1.29 is 9.53 Å². The van der Waals surface area contributed by atoms with Crippen LogP contribution < -0.4 is 0 Å². The second-order valence-electron chi connectivity index (χ2n) is 3.62. The molecule has 0 unspecified atom stereocenters. The molecular formula is C9H16O2. The average molecular weight is 156 g/mol. The number of epoxide rings is 1. The summed E-state index contributed by atoms with van der Waals surface area (Å²) in [4.78, 5) is 10.6. The molecule has 2 heteroatoms. The van der Waals surface area contributed by atoms with Crippen molar-refractivity contribution in [3.8, 4) is 0 Å². The predicted octanol–water partition coefficient (Wildman–Crippen LogP) is 1.78. The second kappa shape index (κ2) is 3.35. The summed E-state index contributed by atoms with van der Waals surface area (Å²) < 4.78 is 5.38. The van der Waals surface area contributed by atoms with Crippen LogP contribution in [0.3, 0.4) is 0 Å². The molecule has 1 aliphatic rings. The Balaban J connectivity index is 2.09. The number of hydrogen-bond donors (Lipinski definition) is 0. The highest BCUT2D eigenvalue weighted by Crippen LogP contribution is 2.32. The van der Waals surface area contributed by atoms with Crippen molar-refractivity contribution in [2.75, 3.05) is 0 Å². The molecule has 1 aliphatic heterocycles. The Morgan fingerprint density at radius 2 is 2.18 bits per heavy atom. The van der Waals surface area contributed by atoms with Crippen LogP contribution in [0.2, 0.25) is 0 Å². The molecule has 0 amide bonds. The lowest BCUT2D eigenvalue weighted by Gasteiger charge is -1.95. The van der Waals surface area contributed by atoms with Crippen LogP contribution in [0.5, 0.6) is 0 Å². The summed E-state index contributed by atoms with van der Waals surface area (Å²) in [5, 5.41) is 0. The highest BCUT2D eigenvalue weighted by molar-refractivity contribution is 5.75. The van der Waals surface area contributed by atoms with Crippen molar-refractivity contribution in [3.63, 3.8) is 0 Å². The molecule has 1 saturated heterocycles. The minimum Gasteiger partial charge on any atom is -0.369 e. The topological polar surface area (TPSA) is 29.6 Å². The van der Waals surface area contributed by atoms with Crippen LogP contribution >= 0.6 is 0 Å². The lowest BCUT2D eigenvalue weighted by molar-refractivity contribution is -0.117. The SMILES string of the molecule is CC(=O)CC[C@@H]1O[C@H]1C(C)C. The molecule has 1 rings (SSSR count). The van der Waals surface area contributed by atoms with Gasteiger partial charge in [-0.25, -0.2) is 0 Å². The molecule has 0 spiro atoms. The summed E-state index contributed by atoms with van der Waals surface area (Å²) in [6.07, 6.45) is 2.39. The first-order valence-electron chi connectivity index (χ1n) is 4.26. The van der Waals surface area contributed by atoms with Crippen LogP contribution in [0.15, 0.2) is 0 Å². The van der Waals surface area contributed by atoms with E-state index in [-0.39, 0.29) is 5.78 Å². The van der Waals surface area contributed by atoms with Crippen molar-refractivity contribution in [3.05, 3.63) is 0 Å². The van der Waals surface area contributed by atoms with Gasteiger partial charge in [-0.2, -0.15) is 0 Å². The Hall–Kier alpha value is -0.370. The van der Waals surface area contributed by atoms with Gasteiger partial charge in [0.1, 0.15) is 5.78 Å². The summed E-state index contributed by atoms with van der Waals surface area (Å²) in [7, 11) is 0. The number of carbonyl (C=O) groups excluding carboxylic acids is 1. The van der Waals surface area contributed by atoms with E-state index in [1.165, 1.54) is 0 Å². The van der Waals surface area contributed by atoms with E-state index in [9.17, 15) is 4.79 Å². The molecule has 64 valence electrons. The molecule has 11 heavy (non-hydrogen) atoms. The van der Waals surface area contributed by atoms with E-state index in [2.05, 4.69) is 13.8 Å². The molecular weight excluding hydrogens is 140 g/mol. The van der Waals surface area contributed by atoms with E-state index >= 15 is 0 Å². The fourth-order valence-corrected chi connectivity index (χ4v) is 1.32. The fraction of sp³-hybridized carbons (Fsp3) is 0.889. The molecule has 1 fully saturated rings. The van der Waals surface area contributed by atoms with Crippen LogP contribution in [0.1, 0.15) is 33.6 Å². The lowest BCUT2D eigenvalue weighted by Crippen LogP contribution is -2.03. The van der Waals surface area contributed by atoms with Crippen molar-refractivity contribution >= 4 is 5.78 Å². The van der Waals surface area contributed by atoms with Crippen molar-refractivity contribution in [2.45, 2.75) is 45.8 Å². The summed E-state index contributed by atoms with van der Waals surface area (Å²) in [5.74, 6) is 0.870. The Kier molecular flexibility index (Phi) is 2.66. The smallest absolute Gasteiger partial charge is 0.129 e. The van der Waals surface area contributed by atoms with Crippen molar-refractivity contribution in [1.82, 2.24) is 0 Å². The molecule has 2 atom stereocenters. The predicted molar refractivity (Wildman–Crippen MR) is 43.4 cm³/mol. The maximum Gasteiger partial charge on any atom is 0.129 e. The van der Waals surface area contributed by atoms with Gasteiger partial charge < -0.3 is 9.53 Å². The highest BCUT2D eigenvalue weighted by atomic mass is 16.6. The first kappa shape index (κ1) is 8.72. The van der Waals surface area contributed by atoms with Crippen LogP contribution in [0.25, 0.3) is 0 Å². The normalized spacial score (nSPS) is 29.1. The minimum absolute atomic E-state index is 0.267. The molecule has 0 N–H and O–H groups in total. The van der Waals surface area contributed by atoms with Gasteiger partial charge in [0.25, 0.3) is 0 Å². The maximum atomic E-state index is 10.6. The van der Waals surface area contributed by atoms with E-state index in [4.69, 9.17) is 4.74 Å². The largest absolute Gasteiger partial charge is 0.369 e. The molecule has 0 aromatic rings. The van der Waals surface area contributed by atoms with Crippen LogP contribution in [0, 0.1) is 5.92 Å². The van der Waals surface area contributed by atoms with Crippen LogP contribution in [-0.2, 0) is 9.53 Å². The van der Waals surface area contributed by atoms with Crippen LogP contribution in [0.4, 0.5) is 0 Å². The molecule has 0 radical (unpaired) electrons. The van der Waals surface area contributed by atoms with Gasteiger partial charge in [0.15, 0.2) is 0 Å². The Morgan fingerprint density at radius 1 is 1.55 bits per heavy atom. The number of hydrogen-bond acceptors (Lipinski definition) is 2. The van der Waals surface area contributed by atoms with Gasteiger partial charge in [-0.1, -0.05) is 13.8 Å². The van der Waals surface area contributed by atoms with Crippen molar-refractivity contribution in [1.29, 1.82) is 0 Å². The monoisotopic (exact) mass is 156 g/mol. The summed E-state index contributed by atoms with van der Waals surface area (Å²) in [6, 6.07) is 0. The summed E-state index contributed by atoms with van der Waals surface area (Å²) in [5.41, 5.74) is 0. The van der Waals surface area contributed by atoms with Gasteiger partial charge in [0.2, 0.25) is 0 Å².